The largest absolute Gasteiger partial charge is 0.311 e. The first kappa shape index (κ1) is 12.9. The van der Waals surface area contributed by atoms with Crippen LogP contribution < -0.4 is 5.32 Å². The molecule has 0 amide bonds. The van der Waals surface area contributed by atoms with Gasteiger partial charge in [-0.1, -0.05) is 48.9 Å². The van der Waals surface area contributed by atoms with Crippen molar-refractivity contribution in [2.24, 2.45) is 17.8 Å². The topological polar surface area (TPSA) is 12.0 Å². The average Bonchev–Trinajstić information content (AvgIpc) is 3.07. The summed E-state index contributed by atoms with van der Waals surface area (Å²) in [6, 6.07) is 11.2. The molecule has 1 aromatic rings. The number of hydrogen-bond acceptors (Lipinski definition) is 1. The van der Waals surface area contributed by atoms with Crippen molar-refractivity contribution in [3.8, 4) is 0 Å². The molecule has 1 nitrogen and oxygen atoms in total. The molecular formula is C18H25N. The quantitative estimate of drug-likeness (QED) is 0.834. The summed E-state index contributed by atoms with van der Waals surface area (Å²) in [5.74, 6) is 3.01. The first-order chi connectivity index (χ1) is 9.33. The van der Waals surface area contributed by atoms with Crippen molar-refractivity contribution in [2.75, 3.05) is 6.54 Å². The lowest BCUT2D eigenvalue weighted by Gasteiger charge is -2.28. The Morgan fingerprint density at radius 3 is 2.74 bits per heavy atom. The molecule has 0 aromatic heterocycles. The maximum absolute atomic E-state index is 3.69. The van der Waals surface area contributed by atoms with Crippen LogP contribution in [0.15, 0.2) is 36.4 Å². The average molecular weight is 255 g/mol. The molecule has 1 N–H and O–H groups in total. The van der Waals surface area contributed by atoms with Crippen molar-refractivity contribution in [2.45, 2.75) is 38.6 Å². The van der Waals surface area contributed by atoms with Crippen LogP contribution in [0.2, 0.25) is 0 Å². The van der Waals surface area contributed by atoms with Gasteiger partial charge in [-0.15, -0.1) is 0 Å². The van der Waals surface area contributed by atoms with Crippen molar-refractivity contribution in [1.82, 2.24) is 5.32 Å². The normalized spacial score (nSPS) is 31.1. The van der Waals surface area contributed by atoms with Gasteiger partial charge in [0.1, 0.15) is 0 Å². The second-order valence-corrected chi connectivity index (χ2v) is 6.35. The van der Waals surface area contributed by atoms with E-state index in [0.29, 0.717) is 6.04 Å². The second kappa shape index (κ2) is 5.92. The summed E-state index contributed by atoms with van der Waals surface area (Å²) in [6.45, 7) is 3.37. The van der Waals surface area contributed by atoms with E-state index in [4.69, 9.17) is 0 Å². The van der Waals surface area contributed by atoms with E-state index in [1.807, 2.05) is 0 Å². The third kappa shape index (κ3) is 3.09. The molecule has 0 saturated heterocycles. The molecule has 102 valence electrons. The fourth-order valence-electron chi connectivity index (χ4n) is 4.07. The number of benzene rings is 1. The maximum atomic E-state index is 3.69. The standard InChI is InChI=1S/C18H25N/c1-14(18-13-16-9-10-17(18)12-16)19-11-5-8-15-6-3-2-4-7-15/h2-8,14,16-19H,9-13H2,1H3. The highest BCUT2D eigenvalue weighted by atomic mass is 14.9. The molecule has 1 heteroatoms. The van der Waals surface area contributed by atoms with Crippen LogP contribution in [0.5, 0.6) is 0 Å². The number of rotatable bonds is 5. The van der Waals surface area contributed by atoms with Crippen LogP contribution in [0.1, 0.15) is 38.2 Å². The molecule has 4 atom stereocenters. The van der Waals surface area contributed by atoms with E-state index in [0.717, 1.165) is 24.3 Å². The Labute approximate surface area is 117 Å². The molecule has 2 aliphatic carbocycles. The molecule has 2 saturated carbocycles. The Balaban J connectivity index is 1.44. The van der Waals surface area contributed by atoms with Gasteiger partial charge in [0, 0.05) is 12.6 Å². The zero-order valence-electron chi connectivity index (χ0n) is 11.9. The SMILES string of the molecule is CC(NCC=Cc1ccccc1)C1CC2CCC1C2. The van der Waals surface area contributed by atoms with Crippen LogP contribution in [0.3, 0.4) is 0 Å². The van der Waals surface area contributed by atoms with Crippen LogP contribution >= 0.6 is 0 Å². The minimum absolute atomic E-state index is 0.677. The number of nitrogens with one attached hydrogen (secondary N) is 1. The highest BCUT2D eigenvalue weighted by Crippen LogP contribution is 2.49. The second-order valence-electron chi connectivity index (χ2n) is 6.35. The molecular weight excluding hydrogens is 230 g/mol. The van der Waals surface area contributed by atoms with Gasteiger partial charge >= 0.3 is 0 Å². The molecule has 19 heavy (non-hydrogen) atoms. The van der Waals surface area contributed by atoms with E-state index in [1.165, 1.54) is 31.2 Å². The van der Waals surface area contributed by atoms with E-state index in [-0.39, 0.29) is 0 Å². The summed E-state index contributed by atoms with van der Waals surface area (Å²) in [5, 5.41) is 3.69. The molecule has 0 spiro atoms. The summed E-state index contributed by atoms with van der Waals surface area (Å²) in [7, 11) is 0. The molecule has 0 heterocycles. The molecule has 1 aromatic carbocycles. The van der Waals surface area contributed by atoms with Gasteiger partial charge in [0.25, 0.3) is 0 Å². The number of hydrogen-bond donors (Lipinski definition) is 1. The van der Waals surface area contributed by atoms with E-state index in [9.17, 15) is 0 Å². The van der Waals surface area contributed by atoms with Gasteiger partial charge in [-0.05, 0) is 49.5 Å². The van der Waals surface area contributed by atoms with Crippen LogP contribution in [0, 0.1) is 17.8 Å². The van der Waals surface area contributed by atoms with Gasteiger partial charge in [0.05, 0.1) is 0 Å². The zero-order chi connectivity index (χ0) is 13.1. The lowest BCUT2D eigenvalue weighted by molar-refractivity contribution is 0.265. The minimum Gasteiger partial charge on any atom is -0.311 e. The van der Waals surface area contributed by atoms with Crippen LogP contribution in [0.25, 0.3) is 6.08 Å². The van der Waals surface area contributed by atoms with Gasteiger partial charge in [0.2, 0.25) is 0 Å². The van der Waals surface area contributed by atoms with Crippen molar-refractivity contribution in [3.63, 3.8) is 0 Å². The van der Waals surface area contributed by atoms with Gasteiger partial charge in [0.15, 0.2) is 0 Å². The maximum Gasteiger partial charge on any atom is 0.0140 e. The fraction of sp³-hybridized carbons (Fsp3) is 0.556. The molecule has 3 rings (SSSR count). The van der Waals surface area contributed by atoms with Crippen molar-refractivity contribution < 1.29 is 0 Å². The van der Waals surface area contributed by atoms with E-state index in [2.05, 4.69) is 54.7 Å². The summed E-state index contributed by atoms with van der Waals surface area (Å²) >= 11 is 0. The summed E-state index contributed by atoms with van der Waals surface area (Å²) in [6.07, 6.45) is 10.4. The molecule has 2 bridgehead atoms. The fourth-order valence-corrected chi connectivity index (χ4v) is 4.07. The van der Waals surface area contributed by atoms with E-state index >= 15 is 0 Å². The zero-order valence-corrected chi connectivity index (χ0v) is 11.9. The third-order valence-electron chi connectivity index (χ3n) is 5.10. The van der Waals surface area contributed by atoms with Gasteiger partial charge < -0.3 is 5.32 Å². The van der Waals surface area contributed by atoms with Crippen LogP contribution in [0.4, 0.5) is 0 Å². The summed E-state index contributed by atoms with van der Waals surface area (Å²) in [4.78, 5) is 0. The third-order valence-corrected chi connectivity index (χ3v) is 5.10. The summed E-state index contributed by atoms with van der Waals surface area (Å²) < 4.78 is 0. The molecule has 0 radical (unpaired) electrons. The minimum atomic E-state index is 0.677. The first-order valence-corrected chi connectivity index (χ1v) is 7.78. The number of fused-ring (bicyclic) bond motifs is 2. The predicted molar refractivity (Wildman–Crippen MR) is 81.9 cm³/mol. The molecule has 0 aliphatic heterocycles. The monoisotopic (exact) mass is 255 g/mol. The predicted octanol–water partition coefficient (Wildman–Crippen LogP) is 4.11. The Morgan fingerprint density at radius 2 is 2.05 bits per heavy atom. The smallest absolute Gasteiger partial charge is 0.0140 e. The highest BCUT2D eigenvalue weighted by molar-refractivity contribution is 5.48. The van der Waals surface area contributed by atoms with Gasteiger partial charge in [-0.2, -0.15) is 0 Å². The van der Waals surface area contributed by atoms with E-state index in [1.54, 1.807) is 0 Å². The van der Waals surface area contributed by atoms with E-state index < -0.39 is 0 Å². The van der Waals surface area contributed by atoms with Gasteiger partial charge in [-0.3, -0.25) is 0 Å². The van der Waals surface area contributed by atoms with Gasteiger partial charge in [-0.25, -0.2) is 0 Å². The lowest BCUT2D eigenvalue weighted by atomic mass is 9.84. The van der Waals surface area contributed by atoms with Crippen molar-refractivity contribution in [1.29, 1.82) is 0 Å². The Kier molecular flexibility index (Phi) is 4.03. The molecule has 4 unspecified atom stereocenters. The lowest BCUT2D eigenvalue weighted by Crippen LogP contribution is -2.36. The Bertz CT molecular complexity index is 423. The first-order valence-electron chi connectivity index (χ1n) is 7.78. The van der Waals surface area contributed by atoms with Crippen molar-refractivity contribution >= 4 is 6.08 Å². The van der Waals surface area contributed by atoms with Crippen molar-refractivity contribution in [3.05, 3.63) is 42.0 Å². The molecule has 2 fully saturated rings. The molecule has 2 aliphatic rings. The summed E-state index contributed by atoms with van der Waals surface area (Å²) in [5.41, 5.74) is 1.29. The van der Waals surface area contributed by atoms with Crippen LogP contribution in [-0.2, 0) is 0 Å². The van der Waals surface area contributed by atoms with Crippen LogP contribution in [-0.4, -0.2) is 12.6 Å². The highest BCUT2D eigenvalue weighted by Gasteiger charge is 2.41. The Morgan fingerprint density at radius 1 is 1.21 bits per heavy atom. The Hall–Kier alpha value is -1.08.